The van der Waals surface area contributed by atoms with E-state index in [1.807, 2.05) is 54.6 Å². The number of para-hydroxylation sites is 2. The Morgan fingerprint density at radius 1 is 0.900 bits per heavy atom. The smallest absolute Gasteiger partial charge is 0.176 e. The summed E-state index contributed by atoms with van der Waals surface area (Å²) in [4.78, 5) is 12.5. The number of hydrazine groups is 1. The fraction of sp³-hybridized carbons (Fsp3) is 0.0667. The lowest BCUT2D eigenvalue weighted by molar-refractivity contribution is 0.552. The predicted octanol–water partition coefficient (Wildman–Crippen LogP) is 2.12. The molecule has 3 aromatic rings. The average Bonchev–Trinajstić information content (AvgIpc) is 3.14. The normalized spacial score (nSPS) is 18.0. The molecule has 5 nitrogen and oxygen atoms in total. The Balaban J connectivity index is 1.68. The Hall–Kier alpha value is -2.66. The van der Waals surface area contributed by atoms with Crippen molar-refractivity contribution in [2.24, 2.45) is 4.99 Å². The van der Waals surface area contributed by atoms with Gasteiger partial charge in [0.25, 0.3) is 0 Å². The number of benzene rings is 2. The van der Waals surface area contributed by atoms with Gasteiger partial charge in [0.15, 0.2) is 6.17 Å². The summed E-state index contributed by atoms with van der Waals surface area (Å²) in [7, 11) is 0. The molecule has 0 saturated carbocycles. The Bertz CT molecular complexity index is 742. The van der Waals surface area contributed by atoms with Gasteiger partial charge in [-0.05, 0) is 12.1 Å². The second kappa shape index (κ2) is 4.47. The van der Waals surface area contributed by atoms with Crippen LogP contribution < -0.4 is 10.9 Å². The number of aromatic amines is 1. The number of hydrogen-bond donors (Lipinski definition) is 3. The van der Waals surface area contributed by atoms with E-state index in [0.717, 1.165) is 28.3 Å². The minimum atomic E-state index is -0.197. The number of nitrogens with zero attached hydrogens (tertiary/aromatic N) is 2. The van der Waals surface area contributed by atoms with Crippen molar-refractivity contribution in [2.75, 3.05) is 0 Å². The molecule has 98 valence electrons. The molecule has 0 saturated heterocycles. The summed E-state index contributed by atoms with van der Waals surface area (Å²) >= 11 is 0. The lowest BCUT2D eigenvalue weighted by Crippen LogP contribution is -2.32. The molecule has 4 rings (SSSR count). The average molecular weight is 263 g/mol. The van der Waals surface area contributed by atoms with Crippen molar-refractivity contribution in [3.8, 4) is 0 Å². The highest BCUT2D eigenvalue weighted by Gasteiger charge is 2.21. The lowest BCUT2D eigenvalue weighted by atomic mass is 10.2. The molecule has 1 aliphatic rings. The monoisotopic (exact) mass is 263 g/mol. The second-order valence-corrected chi connectivity index (χ2v) is 4.65. The van der Waals surface area contributed by atoms with Crippen LogP contribution in [0.25, 0.3) is 11.0 Å². The number of rotatable bonds is 2. The number of imidazole rings is 1. The Morgan fingerprint density at radius 2 is 1.70 bits per heavy atom. The molecule has 20 heavy (non-hydrogen) atoms. The van der Waals surface area contributed by atoms with Gasteiger partial charge < -0.3 is 10.4 Å². The van der Waals surface area contributed by atoms with Crippen molar-refractivity contribution in [2.45, 2.75) is 6.17 Å². The Morgan fingerprint density at radius 3 is 2.55 bits per heavy atom. The molecule has 0 aliphatic carbocycles. The van der Waals surface area contributed by atoms with Crippen LogP contribution >= 0.6 is 0 Å². The molecule has 0 radical (unpaired) electrons. The summed E-state index contributed by atoms with van der Waals surface area (Å²) < 4.78 is 0. The molecular weight excluding hydrogens is 250 g/mol. The van der Waals surface area contributed by atoms with E-state index >= 15 is 0 Å². The standard InChI is InChI=1S/C15H13N5/c1-2-6-10(7-3-1)13-18-15(20-19-13)14-16-11-8-4-5-9-12(11)17-14/h1-9,15,20H,(H,16,17)(H,18,19). The minimum Gasteiger partial charge on any atom is -0.339 e. The summed E-state index contributed by atoms with van der Waals surface area (Å²) in [5.41, 5.74) is 9.27. The first-order chi connectivity index (χ1) is 9.90. The quantitative estimate of drug-likeness (QED) is 0.663. The van der Waals surface area contributed by atoms with Crippen LogP contribution in [0.1, 0.15) is 17.6 Å². The summed E-state index contributed by atoms with van der Waals surface area (Å²) in [6.45, 7) is 0. The first-order valence-corrected chi connectivity index (χ1v) is 6.49. The molecule has 0 amide bonds. The van der Waals surface area contributed by atoms with Gasteiger partial charge in [-0.25, -0.2) is 15.4 Å². The highest BCUT2D eigenvalue weighted by molar-refractivity contribution is 5.99. The van der Waals surface area contributed by atoms with E-state index in [4.69, 9.17) is 0 Å². The predicted molar refractivity (Wildman–Crippen MR) is 78.1 cm³/mol. The zero-order valence-corrected chi connectivity index (χ0v) is 10.7. The van der Waals surface area contributed by atoms with Gasteiger partial charge in [-0.15, -0.1) is 0 Å². The van der Waals surface area contributed by atoms with Gasteiger partial charge in [0, 0.05) is 5.56 Å². The van der Waals surface area contributed by atoms with Gasteiger partial charge in [-0.3, -0.25) is 0 Å². The van der Waals surface area contributed by atoms with E-state index in [0.29, 0.717) is 0 Å². The summed E-state index contributed by atoms with van der Waals surface area (Å²) in [6.07, 6.45) is -0.197. The molecule has 5 heteroatoms. The SMILES string of the molecule is c1ccc(C2=NC(c3nc4ccccc4[nH]3)NN2)cc1. The Labute approximate surface area is 115 Å². The molecule has 2 heterocycles. The van der Waals surface area contributed by atoms with Crippen LogP contribution in [-0.4, -0.2) is 15.8 Å². The molecule has 3 N–H and O–H groups in total. The topological polar surface area (TPSA) is 65.1 Å². The van der Waals surface area contributed by atoms with E-state index in [9.17, 15) is 0 Å². The molecule has 0 bridgehead atoms. The van der Waals surface area contributed by atoms with Crippen molar-refractivity contribution in [1.82, 2.24) is 20.8 Å². The summed E-state index contributed by atoms with van der Waals surface area (Å²) in [5.74, 6) is 1.64. The zero-order valence-electron chi connectivity index (χ0n) is 10.7. The third kappa shape index (κ3) is 1.85. The van der Waals surface area contributed by atoms with Gasteiger partial charge in [0.1, 0.15) is 11.7 Å². The van der Waals surface area contributed by atoms with E-state index in [1.54, 1.807) is 0 Å². The number of nitrogens with one attached hydrogen (secondary N) is 3. The van der Waals surface area contributed by atoms with E-state index < -0.39 is 0 Å². The second-order valence-electron chi connectivity index (χ2n) is 4.65. The number of H-pyrrole nitrogens is 1. The number of fused-ring (bicyclic) bond motifs is 1. The highest BCUT2D eigenvalue weighted by atomic mass is 15.5. The zero-order chi connectivity index (χ0) is 13.4. The van der Waals surface area contributed by atoms with Crippen molar-refractivity contribution in [3.63, 3.8) is 0 Å². The van der Waals surface area contributed by atoms with Crippen molar-refractivity contribution < 1.29 is 0 Å². The van der Waals surface area contributed by atoms with E-state index in [-0.39, 0.29) is 6.17 Å². The number of aromatic nitrogens is 2. The van der Waals surface area contributed by atoms with Crippen molar-refractivity contribution >= 4 is 16.9 Å². The highest BCUT2D eigenvalue weighted by Crippen LogP contribution is 2.19. The maximum Gasteiger partial charge on any atom is 0.176 e. The van der Waals surface area contributed by atoms with Crippen LogP contribution in [0.5, 0.6) is 0 Å². The van der Waals surface area contributed by atoms with Crippen LogP contribution in [0, 0.1) is 0 Å². The maximum atomic E-state index is 4.62. The van der Waals surface area contributed by atoms with E-state index in [2.05, 4.69) is 25.8 Å². The van der Waals surface area contributed by atoms with Crippen LogP contribution in [0.2, 0.25) is 0 Å². The van der Waals surface area contributed by atoms with Gasteiger partial charge in [-0.2, -0.15) is 0 Å². The molecule has 1 atom stereocenters. The van der Waals surface area contributed by atoms with Gasteiger partial charge in [-0.1, -0.05) is 42.5 Å². The maximum absolute atomic E-state index is 4.62. The molecule has 0 spiro atoms. The van der Waals surface area contributed by atoms with Crippen molar-refractivity contribution in [1.29, 1.82) is 0 Å². The van der Waals surface area contributed by atoms with Gasteiger partial charge in [0.05, 0.1) is 11.0 Å². The molecule has 1 aliphatic heterocycles. The lowest BCUT2D eigenvalue weighted by Gasteiger charge is -2.02. The third-order valence-corrected chi connectivity index (χ3v) is 3.30. The molecule has 2 aromatic carbocycles. The van der Waals surface area contributed by atoms with Crippen molar-refractivity contribution in [3.05, 3.63) is 66.0 Å². The fourth-order valence-corrected chi connectivity index (χ4v) is 2.30. The van der Waals surface area contributed by atoms with Gasteiger partial charge >= 0.3 is 0 Å². The number of hydrogen-bond acceptors (Lipinski definition) is 4. The minimum absolute atomic E-state index is 0.197. The van der Waals surface area contributed by atoms with E-state index in [1.165, 1.54) is 0 Å². The molecule has 0 fully saturated rings. The number of aliphatic imine (C=N–C) groups is 1. The van der Waals surface area contributed by atoms with Crippen LogP contribution in [0.15, 0.2) is 59.6 Å². The summed E-state index contributed by atoms with van der Waals surface area (Å²) in [6, 6.07) is 18.0. The molecule has 1 aromatic heterocycles. The van der Waals surface area contributed by atoms with Gasteiger partial charge in [0.2, 0.25) is 0 Å². The third-order valence-electron chi connectivity index (χ3n) is 3.30. The first kappa shape index (κ1) is 11.2. The fourth-order valence-electron chi connectivity index (χ4n) is 2.30. The van der Waals surface area contributed by atoms with Crippen LogP contribution in [-0.2, 0) is 0 Å². The number of amidine groups is 1. The molecular formula is C15H13N5. The first-order valence-electron chi connectivity index (χ1n) is 6.49. The largest absolute Gasteiger partial charge is 0.339 e. The summed E-state index contributed by atoms with van der Waals surface area (Å²) in [5, 5.41) is 0. The van der Waals surface area contributed by atoms with Crippen LogP contribution in [0.4, 0.5) is 0 Å². The van der Waals surface area contributed by atoms with Crippen LogP contribution in [0.3, 0.4) is 0 Å². The Kier molecular flexibility index (Phi) is 2.50. The molecule has 1 unspecified atom stereocenters.